The molecule has 0 bridgehead atoms. The lowest BCUT2D eigenvalue weighted by Crippen LogP contribution is -2.46. The van der Waals surface area contributed by atoms with Gasteiger partial charge < -0.3 is 10.2 Å². The second-order valence-electron chi connectivity index (χ2n) is 5.62. The second-order valence-corrected chi connectivity index (χ2v) is 5.62. The van der Waals surface area contributed by atoms with Gasteiger partial charge in [0.15, 0.2) is 0 Å². The molecular weight excluding hydrogens is 333 g/mol. The van der Waals surface area contributed by atoms with Crippen LogP contribution in [0.3, 0.4) is 0 Å². The van der Waals surface area contributed by atoms with Crippen molar-refractivity contribution in [1.29, 1.82) is 0 Å². The van der Waals surface area contributed by atoms with Gasteiger partial charge in [0, 0.05) is 12.2 Å². The Morgan fingerprint density at radius 1 is 1.28 bits per heavy atom. The van der Waals surface area contributed by atoms with Crippen LogP contribution in [0.4, 0.5) is 24.5 Å². The fraction of sp³-hybridized carbons (Fsp3) is 0.235. The van der Waals surface area contributed by atoms with E-state index < -0.39 is 12.0 Å². The number of anilines is 2. The number of carbonyl (C=O) groups excluding carboxylic acids is 1. The summed E-state index contributed by atoms with van der Waals surface area (Å²) in [5.41, 5.74) is 2.26. The van der Waals surface area contributed by atoms with E-state index in [0.29, 0.717) is 18.7 Å². The highest BCUT2D eigenvalue weighted by atomic mass is 19.4. The number of carbonyl (C=O) groups is 1. The molecule has 5 nitrogen and oxygen atoms in total. The molecule has 130 valence electrons. The van der Waals surface area contributed by atoms with E-state index in [0.717, 1.165) is 23.6 Å². The molecule has 0 spiro atoms. The van der Waals surface area contributed by atoms with E-state index >= 15 is 0 Å². The van der Waals surface area contributed by atoms with Crippen molar-refractivity contribution in [2.45, 2.75) is 18.6 Å². The smallest absolute Gasteiger partial charge is 0.348 e. The zero-order chi connectivity index (χ0) is 18.0. The first-order chi connectivity index (χ1) is 11.9. The van der Waals surface area contributed by atoms with Gasteiger partial charge in [-0.1, -0.05) is 24.8 Å². The molecule has 8 heteroatoms. The molecule has 1 N–H and O–H groups in total. The maximum atomic E-state index is 12.6. The standard InChI is InChI=1S/C17H15F3N4O/c1-2-15(25)23-12-7-11-5-3-4-6-14(11)24(10-12)13-8-21-16(22-9-13)17(18,19)20/h2-6,8-9,12H,1,7,10H2,(H,23,25). The number of hydrogen-bond donors (Lipinski definition) is 1. The van der Waals surface area contributed by atoms with Crippen LogP contribution in [0.25, 0.3) is 0 Å². The summed E-state index contributed by atoms with van der Waals surface area (Å²) in [5.74, 6) is -1.48. The van der Waals surface area contributed by atoms with Gasteiger partial charge in [-0.2, -0.15) is 13.2 Å². The summed E-state index contributed by atoms with van der Waals surface area (Å²) in [6.07, 6.45) is -0.493. The third-order valence-electron chi connectivity index (χ3n) is 3.89. The van der Waals surface area contributed by atoms with Crippen LogP contribution in [0, 0.1) is 0 Å². The Morgan fingerprint density at radius 2 is 1.96 bits per heavy atom. The molecule has 3 rings (SSSR count). The van der Waals surface area contributed by atoms with Crippen molar-refractivity contribution in [3.63, 3.8) is 0 Å². The van der Waals surface area contributed by atoms with Crippen LogP contribution in [0.1, 0.15) is 11.4 Å². The molecule has 1 unspecified atom stereocenters. The highest BCUT2D eigenvalue weighted by molar-refractivity contribution is 5.87. The minimum Gasteiger partial charge on any atom is -0.348 e. The number of nitrogens with one attached hydrogen (secondary N) is 1. The molecule has 1 aromatic carbocycles. The summed E-state index contributed by atoms with van der Waals surface area (Å²) in [4.78, 5) is 20.2. The molecule has 0 radical (unpaired) electrons. The van der Waals surface area contributed by atoms with Crippen LogP contribution < -0.4 is 10.2 Å². The van der Waals surface area contributed by atoms with Crippen molar-refractivity contribution in [2.24, 2.45) is 0 Å². The van der Waals surface area contributed by atoms with E-state index in [-0.39, 0.29) is 11.9 Å². The number of para-hydroxylation sites is 1. The Balaban J connectivity index is 1.93. The highest BCUT2D eigenvalue weighted by Gasteiger charge is 2.35. The highest BCUT2D eigenvalue weighted by Crippen LogP contribution is 2.33. The average molecular weight is 348 g/mol. The minimum atomic E-state index is -4.58. The third-order valence-corrected chi connectivity index (χ3v) is 3.89. The Morgan fingerprint density at radius 3 is 2.60 bits per heavy atom. The van der Waals surface area contributed by atoms with Gasteiger partial charge in [0.1, 0.15) is 0 Å². The SMILES string of the molecule is C=CC(=O)NC1Cc2ccccc2N(c2cnc(C(F)(F)F)nc2)C1. The van der Waals surface area contributed by atoms with Gasteiger partial charge >= 0.3 is 6.18 Å². The lowest BCUT2D eigenvalue weighted by molar-refractivity contribution is -0.145. The zero-order valence-corrected chi connectivity index (χ0v) is 13.1. The van der Waals surface area contributed by atoms with Gasteiger partial charge in [0.05, 0.1) is 24.1 Å². The summed E-state index contributed by atoms with van der Waals surface area (Å²) < 4.78 is 37.9. The quantitative estimate of drug-likeness (QED) is 0.867. The van der Waals surface area contributed by atoms with Crippen molar-refractivity contribution in [2.75, 3.05) is 11.4 Å². The van der Waals surface area contributed by atoms with Crippen LogP contribution in [-0.4, -0.2) is 28.5 Å². The first-order valence-electron chi connectivity index (χ1n) is 7.56. The molecule has 0 aliphatic carbocycles. The maximum absolute atomic E-state index is 12.6. The van der Waals surface area contributed by atoms with Crippen molar-refractivity contribution < 1.29 is 18.0 Å². The Labute approximate surface area is 142 Å². The molecule has 25 heavy (non-hydrogen) atoms. The van der Waals surface area contributed by atoms with Crippen LogP contribution in [0.2, 0.25) is 0 Å². The molecule has 0 fully saturated rings. The number of fused-ring (bicyclic) bond motifs is 1. The Bertz CT molecular complexity index is 789. The van der Waals surface area contributed by atoms with E-state index in [1.54, 1.807) is 4.90 Å². The van der Waals surface area contributed by atoms with Gasteiger partial charge in [-0.3, -0.25) is 4.79 Å². The predicted molar refractivity (Wildman–Crippen MR) is 86.3 cm³/mol. The maximum Gasteiger partial charge on any atom is 0.451 e. The van der Waals surface area contributed by atoms with Gasteiger partial charge in [-0.25, -0.2) is 9.97 Å². The number of aromatic nitrogens is 2. The number of alkyl halides is 3. The summed E-state index contributed by atoms with van der Waals surface area (Å²) in [6.45, 7) is 3.82. The van der Waals surface area contributed by atoms with Crippen LogP contribution >= 0.6 is 0 Å². The van der Waals surface area contributed by atoms with Gasteiger partial charge in [-0.15, -0.1) is 0 Å². The van der Waals surface area contributed by atoms with Crippen molar-refractivity contribution in [3.05, 3.63) is 60.7 Å². The third kappa shape index (κ3) is 3.62. The number of benzene rings is 1. The molecule has 2 aromatic rings. The van der Waals surface area contributed by atoms with Crippen molar-refractivity contribution in [3.8, 4) is 0 Å². The Kier molecular flexibility index (Phi) is 4.43. The fourth-order valence-electron chi connectivity index (χ4n) is 2.80. The van der Waals surface area contributed by atoms with Crippen LogP contribution in [-0.2, 0) is 17.4 Å². The van der Waals surface area contributed by atoms with Crippen LogP contribution in [0.15, 0.2) is 49.3 Å². The van der Waals surface area contributed by atoms with Gasteiger partial charge in [0.2, 0.25) is 11.7 Å². The zero-order valence-electron chi connectivity index (χ0n) is 13.1. The number of rotatable bonds is 3. The van der Waals surface area contributed by atoms with E-state index in [1.165, 1.54) is 6.08 Å². The molecule has 1 atom stereocenters. The van der Waals surface area contributed by atoms with E-state index in [1.807, 2.05) is 24.3 Å². The first kappa shape index (κ1) is 16.9. The molecule has 1 aliphatic rings. The molecule has 0 saturated heterocycles. The van der Waals surface area contributed by atoms with Crippen molar-refractivity contribution in [1.82, 2.24) is 15.3 Å². The van der Waals surface area contributed by atoms with E-state index in [2.05, 4.69) is 21.9 Å². The van der Waals surface area contributed by atoms with E-state index in [4.69, 9.17) is 0 Å². The molecule has 1 aliphatic heterocycles. The van der Waals surface area contributed by atoms with E-state index in [9.17, 15) is 18.0 Å². The van der Waals surface area contributed by atoms with Crippen LogP contribution in [0.5, 0.6) is 0 Å². The number of amides is 1. The first-order valence-corrected chi connectivity index (χ1v) is 7.56. The van der Waals surface area contributed by atoms with Crippen molar-refractivity contribution >= 4 is 17.3 Å². The number of halogens is 3. The predicted octanol–water partition coefficient (Wildman–Crippen LogP) is 2.86. The molecule has 2 heterocycles. The second kappa shape index (κ2) is 6.54. The summed E-state index contributed by atoms with van der Waals surface area (Å²) in [7, 11) is 0. The summed E-state index contributed by atoms with van der Waals surface area (Å²) in [5, 5.41) is 2.83. The largest absolute Gasteiger partial charge is 0.451 e. The number of nitrogens with zero attached hydrogens (tertiary/aromatic N) is 3. The fourth-order valence-corrected chi connectivity index (χ4v) is 2.80. The molecule has 0 saturated carbocycles. The molecule has 1 aromatic heterocycles. The molecular formula is C17H15F3N4O. The summed E-state index contributed by atoms with van der Waals surface area (Å²) in [6, 6.07) is 7.30. The molecule has 1 amide bonds. The van der Waals surface area contributed by atoms with Gasteiger partial charge in [0.25, 0.3) is 0 Å². The lowest BCUT2D eigenvalue weighted by Gasteiger charge is -2.36. The van der Waals surface area contributed by atoms with Gasteiger partial charge in [-0.05, 0) is 24.1 Å². The average Bonchev–Trinajstić information content (AvgIpc) is 2.60. The minimum absolute atomic E-state index is 0.206. The Hall–Kier alpha value is -2.90. The number of hydrogen-bond acceptors (Lipinski definition) is 4. The topological polar surface area (TPSA) is 58.1 Å². The summed E-state index contributed by atoms with van der Waals surface area (Å²) >= 11 is 0. The monoisotopic (exact) mass is 348 g/mol. The normalized spacial score (nSPS) is 16.9. The lowest BCUT2D eigenvalue weighted by atomic mass is 9.97.